The van der Waals surface area contributed by atoms with Gasteiger partial charge in [-0.1, -0.05) is 12.8 Å². The van der Waals surface area contributed by atoms with Crippen LogP contribution in [0.25, 0.3) is 0 Å². The summed E-state index contributed by atoms with van der Waals surface area (Å²) in [7, 11) is 1.80. The lowest BCUT2D eigenvalue weighted by atomic mass is 9.94. The monoisotopic (exact) mass is 358 g/mol. The Kier molecular flexibility index (Phi) is 5.62. The van der Waals surface area contributed by atoms with Crippen LogP contribution in [0.15, 0.2) is 0 Å². The zero-order chi connectivity index (χ0) is 16.5. The molecule has 0 spiro atoms. The number of hydrazine groups is 3. The smallest absolute Gasteiger partial charge is 0.137 e. The fourth-order valence-electron chi connectivity index (χ4n) is 4.10. The van der Waals surface area contributed by atoms with Crippen LogP contribution in [0, 0.1) is 0 Å². The summed E-state index contributed by atoms with van der Waals surface area (Å²) in [6.45, 7) is 2.91. The van der Waals surface area contributed by atoms with Gasteiger partial charge in [-0.15, -0.1) is 11.8 Å². The molecule has 1 aliphatic carbocycles. The average Bonchev–Trinajstić information content (AvgIpc) is 3.28. The Morgan fingerprint density at radius 2 is 1.92 bits per heavy atom. The second-order valence-corrected chi connectivity index (χ2v) is 8.50. The molecule has 0 radical (unpaired) electrons. The van der Waals surface area contributed by atoms with E-state index in [4.69, 9.17) is 9.47 Å². The third kappa shape index (κ3) is 3.60. The van der Waals surface area contributed by atoms with E-state index < -0.39 is 0 Å². The highest BCUT2D eigenvalue weighted by atomic mass is 32.2. The van der Waals surface area contributed by atoms with Gasteiger partial charge in [0.25, 0.3) is 0 Å². The molecule has 4 aliphatic rings. The summed E-state index contributed by atoms with van der Waals surface area (Å²) in [6, 6.07) is 0.879. The predicted molar refractivity (Wildman–Crippen MR) is 93.3 cm³/mol. The molecule has 24 heavy (non-hydrogen) atoms. The molecule has 9 heteroatoms. The summed E-state index contributed by atoms with van der Waals surface area (Å²) in [5.74, 6) is 0. The van der Waals surface area contributed by atoms with Gasteiger partial charge in [0.05, 0.1) is 30.2 Å². The number of methoxy groups -OCH3 is 1. The van der Waals surface area contributed by atoms with Gasteiger partial charge in [-0.05, 0) is 26.2 Å². The van der Waals surface area contributed by atoms with Crippen LogP contribution in [0.5, 0.6) is 0 Å². The van der Waals surface area contributed by atoms with Gasteiger partial charge in [-0.3, -0.25) is 10.9 Å². The van der Waals surface area contributed by atoms with Gasteiger partial charge in [0.1, 0.15) is 11.7 Å². The number of nitrogens with zero attached hydrogens (tertiary/aromatic N) is 1. The Morgan fingerprint density at radius 3 is 2.67 bits per heavy atom. The van der Waals surface area contributed by atoms with Crippen LogP contribution >= 0.6 is 11.8 Å². The molecular formula is C15H30N6O2S. The van der Waals surface area contributed by atoms with E-state index in [-0.39, 0.29) is 29.2 Å². The molecule has 4 rings (SSSR count). The zero-order valence-electron chi connectivity index (χ0n) is 14.5. The lowest BCUT2D eigenvalue weighted by Crippen LogP contribution is -2.56. The van der Waals surface area contributed by atoms with E-state index in [9.17, 15) is 0 Å². The molecule has 7 unspecified atom stereocenters. The van der Waals surface area contributed by atoms with Gasteiger partial charge in [0.15, 0.2) is 0 Å². The molecule has 4 fully saturated rings. The molecule has 0 aromatic rings. The highest BCUT2D eigenvalue weighted by Crippen LogP contribution is 2.31. The number of hydrogen-bond donors (Lipinski definition) is 5. The summed E-state index contributed by atoms with van der Waals surface area (Å²) in [5.41, 5.74) is 17.3. The van der Waals surface area contributed by atoms with Crippen molar-refractivity contribution in [3.8, 4) is 0 Å². The first-order valence-corrected chi connectivity index (χ1v) is 10.1. The first kappa shape index (κ1) is 17.4. The molecule has 3 aliphatic heterocycles. The average molecular weight is 359 g/mol. The maximum atomic E-state index is 6.20. The minimum atomic E-state index is 0.228. The summed E-state index contributed by atoms with van der Waals surface area (Å²) in [4.78, 5) is 0. The van der Waals surface area contributed by atoms with Crippen LogP contribution in [0.3, 0.4) is 0 Å². The molecule has 138 valence electrons. The van der Waals surface area contributed by atoms with E-state index in [1.807, 2.05) is 11.8 Å². The highest BCUT2D eigenvalue weighted by molar-refractivity contribution is 8.00. The van der Waals surface area contributed by atoms with Crippen LogP contribution in [-0.4, -0.2) is 60.1 Å². The first-order chi connectivity index (χ1) is 11.7. The van der Waals surface area contributed by atoms with Crippen LogP contribution in [-0.2, 0) is 9.47 Å². The molecule has 3 saturated heterocycles. The van der Waals surface area contributed by atoms with Gasteiger partial charge in [0, 0.05) is 13.2 Å². The third-order valence-electron chi connectivity index (χ3n) is 5.40. The molecule has 0 aromatic carbocycles. The largest absolute Gasteiger partial charge is 0.379 e. The van der Waals surface area contributed by atoms with Crippen LogP contribution < -0.4 is 27.1 Å². The highest BCUT2D eigenvalue weighted by Gasteiger charge is 2.46. The van der Waals surface area contributed by atoms with Crippen molar-refractivity contribution in [2.45, 2.75) is 80.4 Å². The molecular weight excluding hydrogens is 328 g/mol. The van der Waals surface area contributed by atoms with Crippen LogP contribution in [0.2, 0.25) is 0 Å². The SMILES string of the molecule is COC1CCCCC1OCC1NN2C(NNC2C2CC(C)NN2)S1. The van der Waals surface area contributed by atoms with Crippen molar-refractivity contribution in [1.82, 2.24) is 32.1 Å². The quantitative estimate of drug-likeness (QED) is 0.459. The van der Waals surface area contributed by atoms with Gasteiger partial charge in [0.2, 0.25) is 0 Å². The minimum absolute atomic E-state index is 0.228. The van der Waals surface area contributed by atoms with Crippen LogP contribution in [0.4, 0.5) is 0 Å². The fraction of sp³-hybridized carbons (Fsp3) is 1.00. The van der Waals surface area contributed by atoms with Crippen molar-refractivity contribution in [2.24, 2.45) is 0 Å². The second-order valence-electron chi connectivity index (χ2n) is 7.21. The molecule has 0 aromatic heterocycles. The lowest BCUT2D eigenvalue weighted by molar-refractivity contribution is -0.0792. The van der Waals surface area contributed by atoms with Crippen molar-refractivity contribution in [1.29, 1.82) is 0 Å². The first-order valence-electron chi connectivity index (χ1n) is 9.11. The van der Waals surface area contributed by atoms with E-state index in [2.05, 4.69) is 39.1 Å². The Labute approximate surface area is 148 Å². The molecule has 3 heterocycles. The van der Waals surface area contributed by atoms with E-state index in [1.54, 1.807) is 7.11 Å². The van der Waals surface area contributed by atoms with Gasteiger partial charge >= 0.3 is 0 Å². The van der Waals surface area contributed by atoms with Gasteiger partial charge < -0.3 is 9.47 Å². The van der Waals surface area contributed by atoms with Gasteiger partial charge in [-0.2, -0.15) is 5.01 Å². The number of fused-ring (bicyclic) bond motifs is 1. The molecule has 8 nitrogen and oxygen atoms in total. The van der Waals surface area contributed by atoms with Crippen molar-refractivity contribution < 1.29 is 9.47 Å². The molecule has 5 N–H and O–H groups in total. The number of hydrogen-bond acceptors (Lipinski definition) is 9. The minimum Gasteiger partial charge on any atom is -0.379 e. The van der Waals surface area contributed by atoms with Gasteiger partial charge in [-0.25, -0.2) is 16.3 Å². The standard InChI is InChI=1S/C15H30N6O2S/c1-9-7-10(17-16-9)14-18-19-15-21(14)20-13(24-15)8-23-12-6-4-3-5-11(12)22-2/h9-20H,3-8H2,1-2H3. The maximum Gasteiger partial charge on any atom is 0.137 e. The number of ether oxygens (including phenoxy) is 2. The lowest BCUT2D eigenvalue weighted by Gasteiger charge is -2.31. The summed E-state index contributed by atoms with van der Waals surface area (Å²) < 4.78 is 11.8. The predicted octanol–water partition coefficient (Wildman–Crippen LogP) is -0.187. The number of thioether (sulfide) groups is 1. The molecule has 0 amide bonds. The van der Waals surface area contributed by atoms with E-state index in [1.165, 1.54) is 12.8 Å². The Hall–Kier alpha value is 0.0300. The topological polar surface area (TPSA) is 81.9 Å². The Balaban J connectivity index is 1.27. The fourth-order valence-corrected chi connectivity index (χ4v) is 5.21. The number of nitrogens with one attached hydrogen (secondary N) is 5. The maximum absolute atomic E-state index is 6.20. The second kappa shape index (κ2) is 7.73. The number of rotatable bonds is 5. The van der Waals surface area contributed by atoms with E-state index >= 15 is 0 Å². The van der Waals surface area contributed by atoms with Crippen molar-refractivity contribution in [2.75, 3.05) is 13.7 Å². The molecule has 7 atom stereocenters. The summed E-state index contributed by atoms with van der Waals surface area (Å²) in [6.07, 6.45) is 6.56. The molecule has 0 bridgehead atoms. The van der Waals surface area contributed by atoms with Crippen molar-refractivity contribution in [3.63, 3.8) is 0 Å². The van der Waals surface area contributed by atoms with Crippen molar-refractivity contribution >= 4 is 11.8 Å². The summed E-state index contributed by atoms with van der Waals surface area (Å²) in [5, 5.41) is 2.56. The van der Waals surface area contributed by atoms with Crippen LogP contribution in [0.1, 0.15) is 39.0 Å². The van der Waals surface area contributed by atoms with Crippen molar-refractivity contribution in [3.05, 3.63) is 0 Å². The Morgan fingerprint density at radius 1 is 1.08 bits per heavy atom. The normalized spacial score (nSPS) is 46.5. The van der Waals surface area contributed by atoms with E-state index in [0.29, 0.717) is 18.7 Å². The third-order valence-corrected chi connectivity index (χ3v) is 6.58. The van der Waals surface area contributed by atoms with E-state index in [0.717, 1.165) is 19.3 Å². The molecule has 1 saturated carbocycles. The summed E-state index contributed by atoms with van der Waals surface area (Å²) >= 11 is 1.87. The zero-order valence-corrected chi connectivity index (χ0v) is 15.3. The Bertz CT molecular complexity index is 433.